The van der Waals surface area contributed by atoms with Crippen LogP contribution in [-0.2, 0) is 19.4 Å². The Labute approximate surface area is 137 Å². The van der Waals surface area contributed by atoms with Crippen molar-refractivity contribution in [3.8, 4) is 0 Å². The Morgan fingerprint density at radius 2 is 2.04 bits per heavy atom. The number of aryl methyl sites for hydroxylation is 1. The fourth-order valence-electron chi connectivity index (χ4n) is 3.04. The molecule has 0 saturated heterocycles. The predicted octanol–water partition coefficient (Wildman–Crippen LogP) is 2.39. The Morgan fingerprint density at radius 1 is 1.26 bits per heavy atom. The largest absolute Gasteiger partial charge is 0.395 e. The maximum atomic E-state index is 8.99. The van der Waals surface area contributed by atoms with E-state index in [-0.39, 0.29) is 6.61 Å². The number of nitrogens with one attached hydrogen (secondary N) is 1. The first kappa shape index (κ1) is 15.7. The third kappa shape index (κ3) is 3.45. The number of aromatic nitrogens is 2. The summed E-state index contributed by atoms with van der Waals surface area (Å²) in [5.41, 5.74) is 3.81. The van der Waals surface area contributed by atoms with Crippen LogP contribution < -0.4 is 10.2 Å². The average molecular weight is 312 g/mol. The second-order valence-corrected chi connectivity index (χ2v) is 5.99. The van der Waals surface area contributed by atoms with Crippen LogP contribution in [0, 0.1) is 0 Å². The van der Waals surface area contributed by atoms with Crippen LogP contribution in [0.5, 0.6) is 0 Å². The molecule has 2 aromatic rings. The smallest absolute Gasteiger partial charge is 0.224 e. The van der Waals surface area contributed by atoms with Gasteiger partial charge < -0.3 is 15.3 Å². The maximum absolute atomic E-state index is 8.99. The molecule has 122 valence electrons. The van der Waals surface area contributed by atoms with Crippen LogP contribution in [-0.4, -0.2) is 34.3 Å². The summed E-state index contributed by atoms with van der Waals surface area (Å²) in [6.45, 7) is 5.74. The number of hydrogen-bond donors (Lipinski definition) is 2. The quantitative estimate of drug-likeness (QED) is 0.888. The first-order valence-corrected chi connectivity index (χ1v) is 8.27. The van der Waals surface area contributed by atoms with Crippen molar-refractivity contribution in [3.63, 3.8) is 0 Å². The van der Waals surface area contributed by atoms with Crippen LogP contribution in [0.1, 0.15) is 30.7 Å². The molecule has 2 heterocycles. The summed E-state index contributed by atoms with van der Waals surface area (Å²) < 4.78 is 0. The highest BCUT2D eigenvalue weighted by molar-refractivity contribution is 5.49. The molecule has 1 aliphatic rings. The van der Waals surface area contributed by atoms with Crippen LogP contribution in [0.4, 0.5) is 11.8 Å². The third-order valence-electron chi connectivity index (χ3n) is 4.32. The minimum atomic E-state index is 0.0720. The van der Waals surface area contributed by atoms with Gasteiger partial charge in [0.05, 0.1) is 6.61 Å². The highest BCUT2D eigenvalue weighted by Gasteiger charge is 2.24. The summed E-state index contributed by atoms with van der Waals surface area (Å²) >= 11 is 0. The second kappa shape index (κ2) is 6.96. The lowest BCUT2D eigenvalue weighted by molar-refractivity contribution is 0.311. The molecule has 0 saturated carbocycles. The molecule has 1 aromatic heterocycles. The molecule has 5 nitrogen and oxygen atoms in total. The zero-order chi connectivity index (χ0) is 16.2. The van der Waals surface area contributed by atoms with E-state index in [2.05, 4.69) is 64.4 Å². The molecule has 0 spiro atoms. The molecule has 0 unspecified atom stereocenters. The van der Waals surface area contributed by atoms with Gasteiger partial charge in [0.15, 0.2) is 0 Å². The van der Waals surface area contributed by atoms with E-state index >= 15 is 0 Å². The molecule has 3 rings (SSSR count). The summed E-state index contributed by atoms with van der Waals surface area (Å²) in [5.74, 6) is 1.55. The summed E-state index contributed by atoms with van der Waals surface area (Å²) in [7, 11) is 0. The van der Waals surface area contributed by atoms with Gasteiger partial charge in [-0.3, -0.25) is 0 Å². The molecule has 5 heteroatoms. The monoisotopic (exact) mass is 312 g/mol. The highest BCUT2D eigenvalue weighted by Crippen LogP contribution is 2.28. The van der Waals surface area contributed by atoms with E-state index in [0.29, 0.717) is 18.5 Å². The van der Waals surface area contributed by atoms with Crippen molar-refractivity contribution in [2.24, 2.45) is 0 Å². The van der Waals surface area contributed by atoms with Gasteiger partial charge in [0, 0.05) is 30.9 Å². The summed E-state index contributed by atoms with van der Waals surface area (Å²) in [5, 5.41) is 12.1. The molecule has 0 fully saturated rings. The van der Waals surface area contributed by atoms with Crippen molar-refractivity contribution in [1.82, 2.24) is 9.97 Å². The van der Waals surface area contributed by atoms with Gasteiger partial charge in [-0.1, -0.05) is 31.2 Å². The normalized spacial score (nSPS) is 17.0. The zero-order valence-corrected chi connectivity index (χ0v) is 13.8. The minimum absolute atomic E-state index is 0.0720. The summed E-state index contributed by atoms with van der Waals surface area (Å²) in [4.78, 5) is 11.5. The molecule has 0 aliphatic carbocycles. The average Bonchev–Trinajstić information content (AvgIpc) is 2.59. The number of nitrogens with zero attached hydrogens (tertiary/aromatic N) is 3. The van der Waals surface area contributed by atoms with Gasteiger partial charge in [-0.2, -0.15) is 4.98 Å². The van der Waals surface area contributed by atoms with Crippen LogP contribution >= 0.6 is 0 Å². The Morgan fingerprint density at radius 3 is 2.78 bits per heavy atom. The van der Waals surface area contributed by atoms with E-state index in [9.17, 15) is 0 Å². The van der Waals surface area contributed by atoms with E-state index in [1.54, 1.807) is 0 Å². The third-order valence-corrected chi connectivity index (χ3v) is 4.32. The van der Waals surface area contributed by atoms with Crippen molar-refractivity contribution in [2.45, 2.75) is 39.3 Å². The first-order valence-electron chi connectivity index (χ1n) is 8.27. The highest BCUT2D eigenvalue weighted by atomic mass is 16.3. The van der Waals surface area contributed by atoms with Gasteiger partial charge in [-0.15, -0.1) is 0 Å². The minimum Gasteiger partial charge on any atom is -0.395 e. The molecule has 0 amide bonds. The van der Waals surface area contributed by atoms with Crippen molar-refractivity contribution in [2.75, 3.05) is 23.4 Å². The predicted molar refractivity (Wildman–Crippen MR) is 92.8 cm³/mol. The molecule has 0 radical (unpaired) electrons. The molecule has 1 aromatic carbocycles. The van der Waals surface area contributed by atoms with Gasteiger partial charge in [0.2, 0.25) is 5.95 Å². The number of aliphatic hydroxyl groups is 1. The van der Waals surface area contributed by atoms with Gasteiger partial charge in [-0.25, -0.2) is 4.98 Å². The lowest BCUT2D eigenvalue weighted by atomic mass is 9.95. The molecular weight excluding hydrogens is 288 g/mol. The molecule has 23 heavy (non-hydrogen) atoms. The molecule has 1 atom stereocenters. The molecule has 2 N–H and O–H groups in total. The van der Waals surface area contributed by atoms with E-state index in [1.165, 1.54) is 11.1 Å². The van der Waals surface area contributed by atoms with E-state index in [4.69, 9.17) is 5.11 Å². The fraction of sp³-hybridized carbons (Fsp3) is 0.444. The molecule has 0 bridgehead atoms. The Kier molecular flexibility index (Phi) is 4.76. The van der Waals surface area contributed by atoms with E-state index in [0.717, 1.165) is 30.9 Å². The van der Waals surface area contributed by atoms with Gasteiger partial charge in [-0.05, 0) is 30.9 Å². The summed E-state index contributed by atoms with van der Waals surface area (Å²) in [6.07, 6.45) is 1.89. The van der Waals surface area contributed by atoms with Gasteiger partial charge in [0.25, 0.3) is 0 Å². The number of fused-ring (bicyclic) bond motifs is 1. The topological polar surface area (TPSA) is 61.3 Å². The Hall–Kier alpha value is -2.14. The van der Waals surface area contributed by atoms with Crippen LogP contribution in [0.2, 0.25) is 0 Å². The van der Waals surface area contributed by atoms with Crippen molar-refractivity contribution < 1.29 is 5.11 Å². The van der Waals surface area contributed by atoms with Crippen molar-refractivity contribution >= 4 is 11.8 Å². The summed E-state index contributed by atoms with van der Waals surface area (Å²) in [6, 6.07) is 11.1. The van der Waals surface area contributed by atoms with E-state index in [1.807, 2.05) is 0 Å². The Balaban J connectivity index is 1.91. The van der Waals surface area contributed by atoms with Gasteiger partial charge >= 0.3 is 0 Å². The standard InChI is InChI=1S/C18H24N4O/c1-3-16-11-17(21-18(20-16)19-8-9-23)22-12-15-7-5-4-6-14(15)10-13(22)2/h4-7,11,13,23H,3,8-10,12H2,1-2H3,(H,19,20,21)/t13-/m0/s1. The molecule has 1 aliphatic heterocycles. The van der Waals surface area contributed by atoms with Crippen molar-refractivity contribution in [3.05, 3.63) is 47.2 Å². The van der Waals surface area contributed by atoms with E-state index < -0.39 is 0 Å². The first-order chi connectivity index (χ1) is 11.2. The van der Waals surface area contributed by atoms with Crippen LogP contribution in [0.25, 0.3) is 0 Å². The van der Waals surface area contributed by atoms with Crippen molar-refractivity contribution in [1.29, 1.82) is 0 Å². The lowest BCUT2D eigenvalue weighted by Gasteiger charge is -2.36. The second-order valence-electron chi connectivity index (χ2n) is 5.99. The Bertz CT molecular complexity index is 674. The number of aliphatic hydroxyl groups excluding tert-OH is 1. The lowest BCUT2D eigenvalue weighted by Crippen LogP contribution is -2.39. The number of anilines is 2. The number of hydrogen-bond acceptors (Lipinski definition) is 5. The van der Waals surface area contributed by atoms with Crippen LogP contribution in [0.3, 0.4) is 0 Å². The van der Waals surface area contributed by atoms with Crippen LogP contribution in [0.15, 0.2) is 30.3 Å². The number of benzene rings is 1. The zero-order valence-electron chi connectivity index (χ0n) is 13.8. The SMILES string of the molecule is CCc1cc(N2Cc3ccccc3C[C@@H]2C)nc(NCCO)n1. The number of rotatable bonds is 5. The fourth-order valence-corrected chi connectivity index (χ4v) is 3.04. The molecular formula is C18H24N4O. The van der Waals surface area contributed by atoms with Gasteiger partial charge in [0.1, 0.15) is 5.82 Å². The maximum Gasteiger partial charge on any atom is 0.224 e.